The molecule has 2 heteroatoms. The average molecular weight is 238 g/mol. The molecule has 0 radical (unpaired) electrons. The molecule has 17 heavy (non-hydrogen) atoms. The molecule has 0 saturated heterocycles. The first-order valence-corrected chi connectivity index (χ1v) is 6.70. The number of hydrogen-bond acceptors (Lipinski definition) is 2. The van der Waals surface area contributed by atoms with Crippen molar-refractivity contribution in [3.05, 3.63) is 25.5 Å². The number of ether oxygens (including phenoxy) is 1. The van der Waals surface area contributed by atoms with E-state index >= 15 is 0 Å². The summed E-state index contributed by atoms with van der Waals surface area (Å²) in [7, 11) is 0. The number of carbonyl (C=O) groups excluding carboxylic acids is 1. The molecule has 0 N–H and O–H groups in total. The second kappa shape index (κ2) is 11.4. The van der Waals surface area contributed by atoms with Crippen LogP contribution < -0.4 is 0 Å². The highest BCUT2D eigenvalue weighted by Crippen LogP contribution is 2.15. The summed E-state index contributed by atoms with van der Waals surface area (Å²) in [4.78, 5) is 11.4. The van der Waals surface area contributed by atoms with Gasteiger partial charge >= 0.3 is 5.97 Å². The Balaban J connectivity index is 3.53. The summed E-state index contributed by atoms with van der Waals surface area (Å²) >= 11 is 0. The van der Waals surface area contributed by atoms with Crippen LogP contribution >= 0.6 is 0 Å². The first-order valence-electron chi connectivity index (χ1n) is 6.70. The van der Waals surface area contributed by atoms with Crippen LogP contribution in [0.3, 0.4) is 0 Å². The Kier molecular flexibility index (Phi) is 10.7. The molecule has 0 amide bonds. The van der Waals surface area contributed by atoms with Gasteiger partial charge in [0.15, 0.2) is 0 Å². The van der Waals surface area contributed by atoms with Crippen molar-refractivity contribution in [3.63, 3.8) is 0 Å². The van der Waals surface area contributed by atoms with E-state index in [1.807, 2.05) is 0 Å². The van der Waals surface area contributed by atoms with E-state index in [0.29, 0.717) is 0 Å². The van der Waals surface area contributed by atoms with Crippen molar-refractivity contribution in [1.82, 2.24) is 0 Å². The molecule has 0 aliphatic rings. The van der Waals surface area contributed by atoms with Crippen LogP contribution in [0, 0.1) is 5.92 Å². The van der Waals surface area contributed by atoms with Crippen LogP contribution in [0.4, 0.5) is 0 Å². The summed E-state index contributed by atoms with van der Waals surface area (Å²) in [5, 5.41) is 0. The van der Waals surface area contributed by atoms with Gasteiger partial charge in [0.25, 0.3) is 0 Å². The van der Waals surface area contributed by atoms with Crippen molar-refractivity contribution >= 4 is 5.97 Å². The minimum atomic E-state index is -0.235. The molecule has 0 spiro atoms. The summed E-state index contributed by atoms with van der Waals surface area (Å²) < 4.78 is 4.76. The Labute approximate surface area is 106 Å². The molecule has 0 saturated carbocycles. The van der Waals surface area contributed by atoms with E-state index in [2.05, 4.69) is 20.1 Å². The van der Waals surface area contributed by atoms with Crippen molar-refractivity contribution < 1.29 is 9.53 Å². The molecule has 0 rings (SSSR count). The average Bonchev–Trinajstić information content (AvgIpc) is 2.33. The second-order valence-electron chi connectivity index (χ2n) is 4.36. The monoisotopic (exact) mass is 238 g/mol. The second-order valence-corrected chi connectivity index (χ2v) is 4.36. The van der Waals surface area contributed by atoms with Gasteiger partial charge in [-0.1, -0.05) is 64.5 Å². The highest BCUT2D eigenvalue weighted by molar-refractivity contribution is 5.74. The standard InChI is InChI=1S/C15H26O2/c1-4-7-8-9-10-11-12-13-14(5-2)15(16)17-6-3/h5-6,14H,2-4,7-13H2,1H3. The van der Waals surface area contributed by atoms with E-state index in [0.717, 1.165) is 12.8 Å². The summed E-state index contributed by atoms with van der Waals surface area (Å²) in [6.45, 7) is 9.27. The Hall–Kier alpha value is -1.05. The maximum Gasteiger partial charge on any atom is 0.317 e. The van der Waals surface area contributed by atoms with E-state index in [9.17, 15) is 4.79 Å². The van der Waals surface area contributed by atoms with E-state index in [-0.39, 0.29) is 11.9 Å². The first-order chi connectivity index (χ1) is 8.26. The molecule has 0 bridgehead atoms. The molecule has 0 aliphatic carbocycles. The summed E-state index contributed by atoms with van der Waals surface area (Å²) in [5.41, 5.74) is 0. The molecule has 0 aromatic rings. The Morgan fingerprint density at radius 1 is 1.12 bits per heavy atom. The van der Waals surface area contributed by atoms with E-state index < -0.39 is 0 Å². The maximum atomic E-state index is 11.4. The predicted molar refractivity (Wildman–Crippen MR) is 72.6 cm³/mol. The normalized spacial score (nSPS) is 11.8. The van der Waals surface area contributed by atoms with Crippen LogP contribution in [0.5, 0.6) is 0 Å². The molecule has 98 valence electrons. The summed E-state index contributed by atoms with van der Waals surface area (Å²) in [6, 6.07) is 0. The van der Waals surface area contributed by atoms with Gasteiger partial charge < -0.3 is 4.74 Å². The van der Waals surface area contributed by atoms with Crippen molar-refractivity contribution in [2.24, 2.45) is 5.92 Å². The maximum absolute atomic E-state index is 11.4. The van der Waals surface area contributed by atoms with Crippen molar-refractivity contribution in [3.8, 4) is 0 Å². The minimum Gasteiger partial charge on any atom is -0.435 e. The summed E-state index contributed by atoms with van der Waals surface area (Å²) in [6.07, 6.45) is 12.5. The van der Waals surface area contributed by atoms with Crippen molar-refractivity contribution in [2.75, 3.05) is 0 Å². The van der Waals surface area contributed by atoms with Crippen molar-refractivity contribution in [2.45, 2.75) is 58.3 Å². The number of carbonyl (C=O) groups is 1. The number of esters is 1. The molecule has 1 unspecified atom stereocenters. The SMILES string of the molecule is C=COC(=O)C(C=C)CCCCCCCCC. The third-order valence-electron chi connectivity index (χ3n) is 2.91. The lowest BCUT2D eigenvalue weighted by atomic mass is 10.0. The lowest BCUT2D eigenvalue weighted by Crippen LogP contribution is -2.12. The fourth-order valence-corrected chi connectivity index (χ4v) is 1.82. The van der Waals surface area contributed by atoms with Gasteiger partial charge in [-0.15, -0.1) is 6.58 Å². The van der Waals surface area contributed by atoms with Crippen LogP contribution in [0.1, 0.15) is 58.3 Å². The van der Waals surface area contributed by atoms with Crippen LogP contribution in [0.2, 0.25) is 0 Å². The third-order valence-corrected chi connectivity index (χ3v) is 2.91. The van der Waals surface area contributed by atoms with E-state index in [1.54, 1.807) is 6.08 Å². The quantitative estimate of drug-likeness (QED) is 0.227. The molecule has 0 aromatic heterocycles. The molecule has 2 nitrogen and oxygen atoms in total. The van der Waals surface area contributed by atoms with Gasteiger partial charge in [-0.05, 0) is 6.42 Å². The van der Waals surface area contributed by atoms with Gasteiger partial charge in [0.2, 0.25) is 0 Å². The van der Waals surface area contributed by atoms with E-state index in [4.69, 9.17) is 4.74 Å². The van der Waals surface area contributed by atoms with Gasteiger partial charge in [0.1, 0.15) is 0 Å². The Morgan fingerprint density at radius 2 is 1.71 bits per heavy atom. The van der Waals surface area contributed by atoms with Gasteiger partial charge in [0, 0.05) is 0 Å². The van der Waals surface area contributed by atoms with Gasteiger partial charge in [0.05, 0.1) is 12.2 Å². The summed E-state index contributed by atoms with van der Waals surface area (Å²) in [5.74, 6) is -0.412. The molecule has 0 aromatic carbocycles. The fourth-order valence-electron chi connectivity index (χ4n) is 1.82. The zero-order valence-corrected chi connectivity index (χ0v) is 11.1. The fraction of sp³-hybridized carbons (Fsp3) is 0.667. The molecule has 0 heterocycles. The van der Waals surface area contributed by atoms with Crippen LogP contribution in [-0.4, -0.2) is 5.97 Å². The lowest BCUT2D eigenvalue weighted by Gasteiger charge is -2.09. The smallest absolute Gasteiger partial charge is 0.317 e. The Morgan fingerprint density at radius 3 is 2.24 bits per heavy atom. The highest BCUT2D eigenvalue weighted by atomic mass is 16.5. The Bertz CT molecular complexity index is 221. The topological polar surface area (TPSA) is 26.3 Å². The third kappa shape index (κ3) is 8.73. The number of unbranched alkanes of at least 4 members (excludes halogenated alkanes) is 6. The highest BCUT2D eigenvalue weighted by Gasteiger charge is 2.14. The molecule has 0 fully saturated rings. The molecule has 1 atom stereocenters. The van der Waals surface area contributed by atoms with E-state index in [1.165, 1.54) is 44.8 Å². The molecule has 0 aliphatic heterocycles. The molecular weight excluding hydrogens is 212 g/mol. The lowest BCUT2D eigenvalue weighted by molar-refractivity contribution is -0.141. The minimum absolute atomic E-state index is 0.177. The number of hydrogen-bond donors (Lipinski definition) is 0. The van der Waals surface area contributed by atoms with Gasteiger partial charge in [-0.25, -0.2) is 0 Å². The van der Waals surface area contributed by atoms with Gasteiger partial charge in [-0.2, -0.15) is 0 Å². The largest absolute Gasteiger partial charge is 0.435 e. The van der Waals surface area contributed by atoms with Crippen LogP contribution in [-0.2, 0) is 9.53 Å². The van der Waals surface area contributed by atoms with Crippen LogP contribution in [0.15, 0.2) is 25.5 Å². The zero-order valence-electron chi connectivity index (χ0n) is 11.1. The predicted octanol–water partition coefficient (Wildman–Crippen LogP) is 4.62. The van der Waals surface area contributed by atoms with Crippen molar-refractivity contribution in [1.29, 1.82) is 0 Å². The van der Waals surface area contributed by atoms with Crippen LogP contribution in [0.25, 0.3) is 0 Å². The first kappa shape index (κ1) is 16.0. The zero-order chi connectivity index (χ0) is 12.9. The van der Waals surface area contributed by atoms with Gasteiger partial charge in [-0.3, -0.25) is 4.79 Å². The molecular formula is C15H26O2. The number of rotatable bonds is 11.